The summed E-state index contributed by atoms with van der Waals surface area (Å²) in [6.45, 7) is 7.11. The zero-order chi connectivity index (χ0) is 12.0. The first kappa shape index (κ1) is 11.6. The minimum atomic E-state index is 0.423. The lowest BCUT2D eigenvalue weighted by Gasteiger charge is -2.51. The Bertz CT molecular complexity index is 442. The molecule has 92 valence electrons. The molecule has 3 rings (SSSR count). The highest BCUT2D eigenvalue weighted by atomic mass is 127. The third kappa shape index (κ3) is 1.92. The minimum Gasteiger partial charge on any atom is -0.381 e. The van der Waals surface area contributed by atoms with Gasteiger partial charge in [0.15, 0.2) is 0 Å². The van der Waals surface area contributed by atoms with Crippen LogP contribution in [-0.4, -0.2) is 19.1 Å². The van der Waals surface area contributed by atoms with Gasteiger partial charge in [-0.25, -0.2) is 0 Å². The highest BCUT2D eigenvalue weighted by Crippen LogP contribution is 2.43. The van der Waals surface area contributed by atoms with E-state index in [0.29, 0.717) is 11.5 Å². The van der Waals surface area contributed by atoms with Crippen LogP contribution in [0, 0.1) is 8.99 Å². The van der Waals surface area contributed by atoms with E-state index in [2.05, 4.69) is 64.9 Å². The Morgan fingerprint density at radius 3 is 3.06 bits per heavy atom. The second-order valence-electron chi connectivity index (χ2n) is 5.84. The van der Waals surface area contributed by atoms with Crippen molar-refractivity contribution in [2.45, 2.75) is 32.7 Å². The van der Waals surface area contributed by atoms with E-state index in [1.165, 1.54) is 34.3 Å². The van der Waals surface area contributed by atoms with Crippen LogP contribution in [0.5, 0.6) is 0 Å². The number of anilines is 2. The molecule has 1 saturated heterocycles. The monoisotopic (exact) mass is 342 g/mol. The van der Waals surface area contributed by atoms with Crippen LogP contribution in [0.3, 0.4) is 0 Å². The first-order chi connectivity index (χ1) is 8.08. The summed E-state index contributed by atoms with van der Waals surface area (Å²) in [6.07, 6.45) is 2.66. The summed E-state index contributed by atoms with van der Waals surface area (Å²) in [7, 11) is 0. The lowest BCUT2D eigenvalue weighted by Crippen LogP contribution is -2.55. The van der Waals surface area contributed by atoms with Gasteiger partial charge in [0.05, 0.1) is 17.4 Å². The van der Waals surface area contributed by atoms with Gasteiger partial charge < -0.3 is 10.2 Å². The largest absolute Gasteiger partial charge is 0.381 e. The molecule has 1 aromatic rings. The second kappa shape index (κ2) is 4.04. The Morgan fingerprint density at radius 2 is 2.24 bits per heavy atom. The summed E-state index contributed by atoms with van der Waals surface area (Å²) < 4.78 is 1.31. The summed E-state index contributed by atoms with van der Waals surface area (Å²) in [4.78, 5) is 2.62. The number of piperidine rings is 1. The van der Waals surface area contributed by atoms with E-state index in [-0.39, 0.29) is 0 Å². The minimum absolute atomic E-state index is 0.423. The maximum atomic E-state index is 3.61. The van der Waals surface area contributed by atoms with Crippen molar-refractivity contribution >= 4 is 34.0 Å². The number of benzene rings is 1. The van der Waals surface area contributed by atoms with Gasteiger partial charge in [-0.3, -0.25) is 0 Å². The smallest absolute Gasteiger partial charge is 0.0606 e. The predicted molar refractivity (Wildman–Crippen MR) is 81.8 cm³/mol. The van der Waals surface area contributed by atoms with Gasteiger partial charge >= 0.3 is 0 Å². The van der Waals surface area contributed by atoms with E-state index in [0.717, 1.165) is 6.54 Å². The molecule has 0 amide bonds. The molecule has 17 heavy (non-hydrogen) atoms. The quantitative estimate of drug-likeness (QED) is 0.723. The highest BCUT2D eigenvalue weighted by Gasteiger charge is 2.40. The number of rotatable bonds is 0. The second-order valence-corrected chi connectivity index (χ2v) is 7.09. The molecule has 2 nitrogen and oxygen atoms in total. The Kier molecular flexibility index (Phi) is 2.76. The van der Waals surface area contributed by atoms with E-state index < -0.39 is 0 Å². The molecule has 0 saturated carbocycles. The van der Waals surface area contributed by atoms with Crippen LogP contribution in [0.1, 0.15) is 26.7 Å². The fourth-order valence-corrected chi connectivity index (χ4v) is 3.72. The molecule has 3 heteroatoms. The predicted octanol–water partition coefficient (Wildman–Crippen LogP) is 3.71. The van der Waals surface area contributed by atoms with Gasteiger partial charge in [0.2, 0.25) is 0 Å². The van der Waals surface area contributed by atoms with Crippen molar-refractivity contribution in [3.05, 3.63) is 21.8 Å². The van der Waals surface area contributed by atoms with Crippen molar-refractivity contribution in [3.63, 3.8) is 0 Å². The van der Waals surface area contributed by atoms with Gasteiger partial charge in [0, 0.05) is 16.7 Å². The number of fused-ring (bicyclic) bond motifs is 3. The van der Waals surface area contributed by atoms with Crippen LogP contribution in [0.15, 0.2) is 18.2 Å². The van der Waals surface area contributed by atoms with Crippen molar-refractivity contribution in [1.82, 2.24) is 0 Å². The van der Waals surface area contributed by atoms with Gasteiger partial charge in [-0.1, -0.05) is 13.8 Å². The maximum absolute atomic E-state index is 3.61. The van der Waals surface area contributed by atoms with E-state index in [9.17, 15) is 0 Å². The van der Waals surface area contributed by atoms with E-state index in [1.54, 1.807) is 0 Å². The first-order valence-corrected chi connectivity index (χ1v) is 7.46. The molecule has 2 aliphatic rings. The number of hydrogen-bond acceptors (Lipinski definition) is 2. The summed E-state index contributed by atoms with van der Waals surface area (Å²) in [6, 6.07) is 7.39. The van der Waals surface area contributed by atoms with Gasteiger partial charge in [-0.05, 0) is 59.0 Å². The van der Waals surface area contributed by atoms with Crippen LogP contribution in [0.25, 0.3) is 0 Å². The van der Waals surface area contributed by atoms with Gasteiger partial charge in [-0.15, -0.1) is 0 Å². The number of nitrogens with one attached hydrogen (secondary N) is 1. The van der Waals surface area contributed by atoms with Crippen molar-refractivity contribution in [3.8, 4) is 0 Å². The van der Waals surface area contributed by atoms with Gasteiger partial charge in [0.25, 0.3) is 0 Å². The SMILES string of the molecule is CC1(C)CCCN2c3ccc(I)cc3NCC21. The topological polar surface area (TPSA) is 15.3 Å². The van der Waals surface area contributed by atoms with Crippen molar-refractivity contribution in [1.29, 1.82) is 0 Å². The van der Waals surface area contributed by atoms with Crippen LogP contribution in [-0.2, 0) is 0 Å². The van der Waals surface area contributed by atoms with Crippen molar-refractivity contribution in [2.24, 2.45) is 5.41 Å². The molecule has 1 unspecified atom stereocenters. The maximum Gasteiger partial charge on any atom is 0.0606 e. The van der Waals surface area contributed by atoms with Gasteiger partial charge in [-0.2, -0.15) is 0 Å². The fraction of sp³-hybridized carbons (Fsp3) is 0.571. The molecule has 1 aromatic carbocycles. The molecule has 1 N–H and O–H groups in total. The zero-order valence-corrected chi connectivity index (χ0v) is 12.6. The molecule has 2 heterocycles. The molecule has 0 aliphatic carbocycles. The number of halogens is 1. The van der Waals surface area contributed by atoms with Crippen LogP contribution in [0.2, 0.25) is 0 Å². The third-order valence-corrected chi connectivity index (χ3v) is 4.92. The lowest BCUT2D eigenvalue weighted by molar-refractivity contribution is 0.217. The molecular formula is C14H19IN2. The molecule has 1 atom stereocenters. The molecule has 0 spiro atoms. The Morgan fingerprint density at radius 1 is 1.41 bits per heavy atom. The summed E-state index contributed by atoms with van der Waals surface area (Å²) in [5, 5.41) is 3.61. The van der Waals surface area contributed by atoms with Gasteiger partial charge in [0.1, 0.15) is 0 Å². The molecule has 0 bridgehead atoms. The summed E-state index contributed by atoms with van der Waals surface area (Å²) >= 11 is 2.38. The third-order valence-electron chi connectivity index (χ3n) is 4.25. The van der Waals surface area contributed by atoms with Crippen LogP contribution >= 0.6 is 22.6 Å². The normalized spacial score (nSPS) is 25.8. The summed E-state index contributed by atoms with van der Waals surface area (Å²) in [5.41, 5.74) is 3.13. The van der Waals surface area contributed by atoms with E-state index in [4.69, 9.17) is 0 Å². The zero-order valence-electron chi connectivity index (χ0n) is 10.5. The molecule has 0 aromatic heterocycles. The average Bonchev–Trinajstić information content (AvgIpc) is 2.27. The lowest BCUT2D eigenvalue weighted by atomic mass is 9.75. The average molecular weight is 342 g/mol. The molecule has 0 radical (unpaired) electrons. The Balaban J connectivity index is 2.01. The van der Waals surface area contributed by atoms with E-state index in [1.807, 2.05) is 0 Å². The highest BCUT2D eigenvalue weighted by molar-refractivity contribution is 14.1. The van der Waals surface area contributed by atoms with Crippen LogP contribution < -0.4 is 10.2 Å². The Hall–Kier alpha value is -0.450. The van der Waals surface area contributed by atoms with Crippen LogP contribution in [0.4, 0.5) is 11.4 Å². The van der Waals surface area contributed by atoms with Crippen molar-refractivity contribution < 1.29 is 0 Å². The number of hydrogen-bond donors (Lipinski definition) is 1. The first-order valence-electron chi connectivity index (χ1n) is 6.38. The number of nitrogens with zero attached hydrogens (tertiary/aromatic N) is 1. The Labute approximate surface area is 117 Å². The summed E-state index contributed by atoms with van der Waals surface area (Å²) in [5.74, 6) is 0. The molecular weight excluding hydrogens is 323 g/mol. The molecule has 1 fully saturated rings. The van der Waals surface area contributed by atoms with Crippen molar-refractivity contribution in [2.75, 3.05) is 23.3 Å². The molecule has 2 aliphatic heterocycles. The fourth-order valence-electron chi connectivity index (χ4n) is 3.23. The standard InChI is InChI=1S/C14H19IN2/c1-14(2)6-3-7-17-12-5-4-10(15)8-11(12)16-9-13(14)17/h4-5,8,13,16H,3,6-7,9H2,1-2H3. The van der Waals surface area contributed by atoms with E-state index >= 15 is 0 Å².